The number of amides is 2. The van der Waals surface area contributed by atoms with E-state index in [4.69, 9.17) is 14.6 Å². The lowest BCUT2D eigenvalue weighted by atomic mass is 9.77. The SMILES string of the molecule is C=CON=S1CC(CI)=C(C(=O)O)N2C(=O)[C@@H](NC(=O)C(C(=O)OC(C)(C)C)c3csc(NC(c4ccccc4)(c4ccccc4)c4ccccc4)n3)[C@@H]21. The number of anilines is 1. The fourth-order valence-electron chi connectivity index (χ4n) is 6.51. The number of halogens is 1. The highest BCUT2D eigenvalue weighted by Crippen LogP contribution is 2.42. The quantitative estimate of drug-likeness (QED) is 0.0205. The average molecular weight is 880 g/mol. The maximum Gasteiger partial charge on any atom is 0.352 e. The van der Waals surface area contributed by atoms with Crippen molar-refractivity contribution in [2.24, 2.45) is 4.53 Å². The maximum absolute atomic E-state index is 14.3. The van der Waals surface area contributed by atoms with Gasteiger partial charge in [0, 0.05) is 15.6 Å². The molecule has 2 amide bonds. The summed E-state index contributed by atoms with van der Waals surface area (Å²) in [6, 6.07) is 28.6. The molecule has 3 aromatic carbocycles. The van der Waals surface area contributed by atoms with Crippen LogP contribution in [0.25, 0.3) is 0 Å². The third-order valence-electron chi connectivity index (χ3n) is 8.73. The first-order valence-electron chi connectivity index (χ1n) is 16.8. The Balaban J connectivity index is 1.38. The Labute approximate surface area is 332 Å². The van der Waals surface area contributed by atoms with Crippen LogP contribution in [0.4, 0.5) is 5.13 Å². The third-order valence-corrected chi connectivity index (χ3v) is 12.4. The van der Waals surface area contributed by atoms with E-state index in [1.165, 1.54) is 11.3 Å². The number of carboxylic acids is 1. The number of nitrogens with one attached hydrogen (secondary N) is 2. The summed E-state index contributed by atoms with van der Waals surface area (Å²) in [7, 11) is -1.06. The van der Waals surface area contributed by atoms with Crippen molar-refractivity contribution in [2.75, 3.05) is 15.5 Å². The first kappa shape index (κ1) is 38.8. The van der Waals surface area contributed by atoms with Gasteiger partial charge in [-0.15, -0.1) is 11.3 Å². The monoisotopic (exact) mass is 879 g/mol. The van der Waals surface area contributed by atoms with Gasteiger partial charge in [0.1, 0.15) is 34.5 Å². The number of carboxylic acid groups (broad SMARTS) is 1. The summed E-state index contributed by atoms with van der Waals surface area (Å²) in [5, 5.41) is 17.6. The number of hydrogen-bond donors (Lipinski definition) is 3. The van der Waals surface area contributed by atoms with Crippen molar-refractivity contribution in [3.05, 3.63) is 143 Å². The minimum atomic E-state index is -1.57. The zero-order chi connectivity index (χ0) is 38.6. The molecule has 1 saturated heterocycles. The van der Waals surface area contributed by atoms with E-state index in [1.807, 2.05) is 114 Å². The van der Waals surface area contributed by atoms with Crippen LogP contribution in [0.15, 0.2) is 125 Å². The molecule has 280 valence electrons. The molecule has 12 nitrogen and oxygen atoms in total. The lowest BCUT2D eigenvalue weighted by Gasteiger charge is -2.50. The molecule has 0 spiro atoms. The Kier molecular flexibility index (Phi) is 11.7. The lowest BCUT2D eigenvalue weighted by molar-refractivity contribution is -0.160. The minimum absolute atomic E-state index is 0.113. The van der Waals surface area contributed by atoms with Crippen LogP contribution in [-0.4, -0.2) is 65.9 Å². The minimum Gasteiger partial charge on any atom is -0.477 e. The number of rotatable bonds is 13. The van der Waals surface area contributed by atoms with E-state index in [0.717, 1.165) is 27.9 Å². The highest BCUT2D eigenvalue weighted by molar-refractivity contribution is 14.1. The van der Waals surface area contributed by atoms with Crippen LogP contribution in [-0.2, 0) is 45.0 Å². The molecule has 2 unspecified atom stereocenters. The number of benzene rings is 3. The third kappa shape index (κ3) is 7.70. The largest absolute Gasteiger partial charge is 0.477 e. The zero-order valence-corrected chi connectivity index (χ0v) is 33.4. The van der Waals surface area contributed by atoms with Gasteiger partial charge in [-0.3, -0.25) is 19.3 Å². The van der Waals surface area contributed by atoms with Gasteiger partial charge in [-0.2, -0.15) is 0 Å². The number of aliphatic carboxylic acids is 1. The predicted octanol–water partition coefficient (Wildman–Crippen LogP) is 6.29. The van der Waals surface area contributed by atoms with E-state index < -0.39 is 62.9 Å². The van der Waals surface area contributed by atoms with Crippen LogP contribution in [0.2, 0.25) is 0 Å². The van der Waals surface area contributed by atoms with E-state index in [1.54, 1.807) is 26.2 Å². The summed E-state index contributed by atoms with van der Waals surface area (Å²) in [6.07, 6.45) is 1.13. The summed E-state index contributed by atoms with van der Waals surface area (Å²) in [6.45, 7) is 8.59. The number of carbonyl (C=O) groups is 4. The topological polar surface area (TPSA) is 160 Å². The fourth-order valence-corrected chi connectivity index (χ4v) is 10.3. The maximum atomic E-state index is 14.3. The average Bonchev–Trinajstić information content (AvgIpc) is 3.62. The highest BCUT2D eigenvalue weighted by atomic mass is 127. The van der Waals surface area contributed by atoms with E-state index in [0.29, 0.717) is 15.1 Å². The van der Waals surface area contributed by atoms with E-state index in [-0.39, 0.29) is 17.1 Å². The van der Waals surface area contributed by atoms with Gasteiger partial charge in [0.15, 0.2) is 11.0 Å². The molecular weight excluding hydrogens is 841 g/mol. The van der Waals surface area contributed by atoms with Crippen LogP contribution >= 0.6 is 33.9 Å². The smallest absolute Gasteiger partial charge is 0.352 e. The van der Waals surface area contributed by atoms with Crippen molar-refractivity contribution >= 4 is 73.5 Å². The molecule has 3 N–H and O–H groups in total. The fraction of sp³-hybridized carbons (Fsp3) is 0.256. The lowest BCUT2D eigenvalue weighted by Crippen LogP contribution is -2.74. The Morgan fingerprint density at radius 3 is 2.07 bits per heavy atom. The van der Waals surface area contributed by atoms with Crippen molar-refractivity contribution in [1.82, 2.24) is 15.2 Å². The van der Waals surface area contributed by atoms with Crippen molar-refractivity contribution in [2.45, 2.75) is 49.2 Å². The summed E-state index contributed by atoms with van der Waals surface area (Å²) in [5.41, 5.74) is 1.41. The predicted molar refractivity (Wildman–Crippen MR) is 216 cm³/mol. The second-order valence-corrected chi connectivity index (χ2v) is 16.7. The van der Waals surface area contributed by atoms with Gasteiger partial charge in [-0.05, 0) is 53.7 Å². The van der Waals surface area contributed by atoms with Gasteiger partial charge in [0.2, 0.25) is 5.91 Å². The van der Waals surface area contributed by atoms with Crippen LogP contribution in [0.1, 0.15) is 49.1 Å². The summed E-state index contributed by atoms with van der Waals surface area (Å²) >= 11 is 3.26. The van der Waals surface area contributed by atoms with E-state index in [2.05, 4.69) is 21.7 Å². The number of hydrogen-bond acceptors (Lipinski definition) is 10. The van der Waals surface area contributed by atoms with Gasteiger partial charge >= 0.3 is 11.9 Å². The number of thiazole rings is 1. The molecule has 2 aliphatic heterocycles. The Morgan fingerprint density at radius 1 is 1.04 bits per heavy atom. The van der Waals surface area contributed by atoms with Crippen LogP contribution in [0.3, 0.4) is 0 Å². The van der Waals surface area contributed by atoms with Gasteiger partial charge in [0.05, 0.1) is 5.69 Å². The van der Waals surface area contributed by atoms with Gasteiger partial charge in [-0.25, -0.2) is 9.78 Å². The van der Waals surface area contributed by atoms with Gasteiger partial charge in [0.25, 0.3) is 5.91 Å². The zero-order valence-electron chi connectivity index (χ0n) is 29.6. The molecule has 54 heavy (non-hydrogen) atoms. The van der Waals surface area contributed by atoms with Crippen molar-refractivity contribution in [1.29, 1.82) is 0 Å². The van der Waals surface area contributed by atoms with Crippen LogP contribution in [0.5, 0.6) is 0 Å². The molecular formula is C39H38IN5O7S2. The molecule has 15 heteroatoms. The van der Waals surface area contributed by atoms with E-state index in [9.17, 15) is 24.3 Å². The van der Waals surface area contributed by atoms with Crippen molar-refractivity contribution < 1.29 is 33.9 Å². The molecule has 1 aromatic heterocycles. The molecule has 4 atom stereocenters. The second-order valence-electron chi connectivity index (χ2n) is 13.4. The molecule has 0 aliphatic carbocycles. The highest BCUT2D eigenvalue weighted by Gasteiger charge is 2.57. The standard InChI is InChI=1S/C39H38IN5O7S2/c1-5-51-44-54-23-24(21-40)31(35(48)49)45-33(47)30(34(45)54)42-32(46)29(36(50)52-38(2,3)4)28-22-53-37(41-28)43-39(25-15-9-6-10-16-25,26-17-11-7-12-18-26)27-19-13-8-14-20-27/h5-20,22,29-30,34H,1,21,23H2,2-4H3,(H,41,43)(H,42,46)(H,48,49)/t29?,30-,34+,54?/m1/s1. The summed E-state index contributed by atoms with van der Waals surface area (Å²) < 4.78 is 10.3. The Bertz CT molecular complexity index is 2020. The molecule has 1 fully saturated rings. The second kappa shape index (κ2) is 16.2. The summed E-state index contributed by atoms with van der Waals surface area (Å²) in [4.78, 5) is 65.2. The molecule has 4 aromatic rings. The van der Waals surface area contributed by atoms with Crippen molar-refractivity contribution in [3.8, 4) is 0 Å². The number of aromatic nitrogens is 1. The summed E-state index contributed by atoms with van der Waals surface area (Å²) in [5.74, 6) is -4.94. The van der Waals surface area contributed by atoms with Crippen molar-refractivity contribution in [3.63, 3.8) is 0 Å². The Hall–Kier alpha value is -4.87. The molecule has 2 aliphatic rings. The molecule has 0 bridgehead atoms. The molecule has 3 heterocycles. The first-order valence-corrected chi connectivity index (χ1v) is 20.7. The van der Waals surface area contributed by atoms with Gasteiger partial charge < -0.3 is 25.3 Å². The normalized spacial score (nSPS) is 18.9. The van der Waals surface area contributed by atoms with Gasteiger partial charge in [-0.1, -0.05) is 125 Å². The van der Waals surface area contributed by atoms with Crippen LogP contribution in [0, 0.1) is 0 Å². The molecule has 0 saturated carbocycles. The number of nitrogens with zero attached hydrogens (tertiary/aromatic N) is 3. The number of fused-ring (bicyclic) bond motifs is 1. The van der Waals surface area contributed by atoms with E-state index >= 15 is 0 Å². The number of β-lactam (4-membered cyclic amide) rings is 1. The molecule has 0 radical (unpaired) electrons. The number of alkyl halides is 1. The number of esters is 1. The van der Waals surface area contributed by atoms with Crippen LogP contribution < -0.4 is 10.6 Å². The first-order chi connectivity index (χ1) is 25.9. The Morgan fingerprint density at radius 2 is 1.59 bits per heavy atom. The molecule has 6 rings (SSSR count). The number of carbonyl (C=O) groups excluding carboxylic acids is 3. The number of ether oxygens (including phenoxy) is 1.